The molecule has 1 aliphatic rings. The van der Waals surface area contributed by atoms with Crippen LogP contribution in [0.3, 0.4) is 0 Å². The van der Waals surface area contributed by atoms with Gasteiger partial charge in [0.2, 0.25) is 0 Å². The predicted molar refractivity (Wildman–Crippen MR) is 73.4 cm³/mol. The first kappa shape index (κ1) is 14.2. The number of hydrogen-bond donors (Lipinski definition) is 1. The van der Waals surface area contributed by atoms with Gasteiger partial charge in [-0.15, -0.1) is 0 Å². The van der Waals surface area contributed by atoms with Crippen molar-refractivity contribution in [2.24, 2.45) is 0 Å². The van der Waals surface area contributed by atoms with Gasteiger partial charge in [-0.05, 0) is 12.8 Å². The zero-order valence-electron chi connectivity index (χ0n) is 12.0. The van der Waals surface area contributed by atoms with Gasteiger partial charge in [-0.1, -0.05) is 13.8 Å². The molecule has 0 spiro atoms. The minimum Gasteiger partial charge on any atom is -0.488 e. The predicted octanol–water partition coefficient (Wildman–Crippen LogP) is 1.88. The van der Waals surface area contributed by atoms with Crippen molar-refractivity contribution in [3.63, 3.8) is 0 Å². The standard InChI is InChI=1S/C14H23N3O2/c1-10(2)14-16-9-13(19-7-6-18-3)12(17-14)8-15-11-4-5-11/h9-11,15H,4-8H2,1-3H3. The summed E-state index contributed by atoms with van der Waals surface area (Å²) in [5, 5.41) is 3.47. The molecule has 1 heterocycles. The van der Waals surface area contributed by atoms with Gasteiger partial charge in [0.25, 0.3) is 0 Å². The van der Waals surface area contributed by atoms with Crippen LogP contribution in [0.2, 0.25) is 0 Å². The fourth-order valence-electron chi connectivity index (χ4n) is 1.71. The van der Waals surface area contributed by atoms with E-state index in [1.807, 2.05) is 0 Å². The number of rotatable bonds is 8. The van der Waals surface area contributed by atoms with Crippen molar-refractivity contribution >= 4 is 0 Å². The third-order valence-electron chi connectivity index (χ3n) is 3.04. The number of methoxy groups -OCH3 is 1. The summed E-state index contributed by atoms with van der Waals surface area (Å²) >= 11 is 0. The van der Waals surface area contributed by atoms with Crippen LogP contribution in [0.5, 0.6) is 5.75 Å². The van der Waals surface area contributed by atoms with E-state index in [0.717, 1.165) is 23.8 Å². The normalized spacial score (nSPS) is 14.9. The van der Waals surface area contributed by atoms with E-state index in [9.17, 15) is 0 Å². The average molecular weight is 265 g/mol. The second kappa shape index (κ2) is 6.82. The minimum absolute atomic E-state index is 0.327. The van der Waals surface area contributed by atoms with Crippen LogP contribution in [0, 0.1) is 0 Å². The van der Waals surface area contributed by atoms with Crippen molar-refractivity contribution in [1.82, 2.24) is 15.3 Å². The molecule has 5 nitrogen and oxygen atoms in total. The van der Waals surface area contributed by atoms with Gasteiger partial charge >= 0.3 is 0 Å². The summed E-state index contributed by atoms with van der Waals surface area (Å²) in [6.45, 7) is 6.03. The lowest BCUT2D eigenvalue weighted by molar-refractivity contribution is 0.145. The monoisotopic (exact) mass is 265 g/mol. The minimum atomic E-state index is 0.327. The van der Waals surface area contributed by atoms with Crippen LogP contribution in [-0.4, -0.2) is 36.3 Å². The molecular formula is C14H23N3O2. The Bertz CT molecular complexity index is 406. The molecule has 1 aromatic rings. The highest BCUT2D eigenvalue weighted by atomic mass is 16.5. The van der Waals surface area contributed by atoms with E-state index < -0.39 is 0 Å². The molecule has 5 heteroatoms. The Morgan fingerprint density at radius 2 is 2.16 bits per heavy atom. The maximum Gasteiger partial charge on any atom is 0.160 e. The molecule has 0 radical (unpaired) electrons. The van der Waals surface area contributed by atoms with Gasteiger partial charge < -0.3 is 14.8 Å². The quantitative estimate of drug-likeness (QED) is 0.727. The maximum atomic E-state index is 5.67. The Hall–Kier alpha value is -1.20. The molecule has 1 aliphatic carbocycles. The first-order valence-corrected chi connectivity index (χ1v) is 6.91. The van der Waals surface area contributed by atoms with Crippen molar-refractivity contribution in [3.05, 3.63) is 17.7 Å². The molecular weight excluding hydrogens is 242 g/mol. The highest BCUT2D eigenvalue weighted by Gasteiger charge is 2.21. The third kappa shape index (κ3) is 4.44. The second-order valence-electron chi connectivity index (χ2n) is 5.19. The zero-order chi connectivity index (χ0) is 13.7. The van der Waals surface area contributed by atoms with Crippen molar-refractivity contribution in [2.75, 3.05) is 20.3 Å². The Balaban J connectivity index is 2.04. The van der Waals surface area contributed by atoms with Crippen molar-refractivity contribution in [3.8, 4) is 5.75 Å². The van der Waals surface area contributed by atoms with Crippen molar-refractivity contribution in [1.29, 1.82) is 0 Å². The molecule has 2 rings (SSSR count). The topological polar surface area (TPSA) is 56.3 Å². The Morgan fingerprint density at radius 1 is 1.37 bits per heavy atom. The fraction of sp³-hybridized carbons (Fsp3) is 0.714. The molecule has 19 heavy (non-hydrogen) atoms. The molecule has 0 aliphatic heterocycles. The van der Waals surface area contributed by atoms with Gasteiger partial charge in [0.05, 0.1) is 18.5 Å². The molecule has 0 amide bonds. The maximum absolute atomic E-state index is 5.67. The van der Waals surface area contributed by atoms with Gasteiger partial charge in [-0.2, -0.15) is 0 Å². The largest absolute Gasteiger partial charge is 0.488 e. The van der Waals surface area contributed by atoms with Crippen LogP contribution < -0.4 is 10.1 Å². The summed E-state index contributed by atoms with van der Waals surface area (Å²) in [4.78, 5) is 8.97. The summed E-state index contributed by atoms with van der Waals surface area (Å²) in [5.74, 6) is 1.95. The van der Waals surface area contributed by atoms with Gasteiger partial charge in [-0.25, -0.2) is 9.97 Å². The number of ether oxygens (including phenoxy) is 2. The van der Waals surface area contributed by atoms with Crippen molar-refractivity contribution < 1.29 is 9.47 Å². The number of hydrogen-bond acceptors (Lipinski definition) is 5. The Kier molecular flexibility index (Phi) is 5.10. The number of nitrogens with zero attached hydrogens (tertiary/aromatic N) is 2. The first-order chi connectivity index (χ1) is 9.20. The number of aromatic nitrogens is 2. The van der Waals surface area contributed by atoms with Crippen LogP contribution in [0.1, 0.15) is 44.1 Å². The van der Waals surface area contributed by atoms with Crippen LogP contribution in [0.25, 0.3) is 0 Å². The van der Waals surface area contributed by atoms with Crippen LogP contribution in [0.15, 0.2) is 6.20 Å². The van der Waals surface area contributed by atoms with E-state index in [-0.39, 0.29) is 0 Å². The summed E-state index contributed by atoms with van der Waals surface area (Å²) < 4.78 is 10.7. The van der Waals surface area contributed by atoms with E-state index in [0.29, 0.717) is 25.2 Å². The Labute approximate surface area is 114 Å². The van der Waals surface area contributed by atoms with E-state index >= 15 is 0 Å². The lowest BCUT2D eigenvalue weighted by Gasteiger charge is -2.13. The average Bonchev–Trinajstić information content (AvgIpc) is 3.21. The molecule has 1 aromatic heterocycles. The SMILES string of the molecule is COCCOc1cnc(C(C)C)nc1CNC1CC1. The molecule has 1 fully saturated rings. The van der Waals surface area contributed by atoms with Gasteiger partial charge in [0.15, 0.2) is 5.75 Å². The smallest absolute Gasteiger partial charge is 0.160 e. The second-order valence-corrected chi connectivity index (χ2v) is 5.19. The molecule has 0 aromatic carbocycles. The van der Waals surface area contributed by atoms with E-state index in [1.165, 1.54) is 12.8 Å². The van der Waals surface area contributed by atoms with E-state index in [1.54, 1.807) is 13.3 Å². The van der Waals surface area contributed by atoms with Crippen LogP contribution in [-0.2, 0) is 11.3 Å². The van der Waals surface area contributed by atoms with Crippen LogP contribution >= 0.6 is 0 Å². The third-order valence-corrected chi connectivity index (χ3v) is 3.04. The van der Waals surface area contributed by atoms with Gasteiger partial charge in [0.1, 0.15) is 12.4 Å². The van der Waals surface area contributed by atoms with E-state index in [4.69, 9.17) is 9.47 Å². The van der Waals surface area contributed by atoms with Gasteiger partial charge in [0, 0.05) is 25.6 Å². The lowest BCUT2D eigenvalue weighted by atomic mass is 10.2. The van der Waals surface area contributed by atoms with Gasteiger partial charge in [-0.3, -0.25) is 0 Å². The van der Waals surface area contributed by atoms with Crippen molar-refractivity contribution in [2.45, 2.75) is 45.2 Å². The molecule has 1 saturated carbocycles. The highest BCUT2D eigenvalue weighted by molar-refractivity contribution is 5.25. The lowest BCUT2D eigenvalue weighted by Crippen LogP contribution is -2.19. The summed E-state index contributed by atoms with van der Waals surface area (Å²) in [7, 11) is 1.66. The van der Waals surface area contributed by atoms with Crippen LogP contribution in [0.4, 0.5) is 0 Å². The summed E-state index contributed by atoms with van der Waals surface area (Å²) in [6, 6.07) is 0.657. The zero-order valence-corrected chi connectivity index (χ0v) is 12.0. The summed E-state index contributed by atoms with van der Waals surface area (Å²) in [5.41, 5.74) is 0.946. The molecule has 1 N–H and O–H groups in total. The molecule has 0 atom stereocenters. The van der Waals surface area contributed by atoms with E-state index in [2.05, 4.69) is 29.1 Å². The Morgan fingerprint density at radius 3 is 2.79 bits per heavy atom. The molecule has 0 unspecified atom stereocenters. The highest BCUT2D eigenvalue weighted by Crippen LogP contribution is 2.22. The number of nitrogens with one attached hydrogen (secondary N) is 1. The molecule has 106 valence electrons. The first-order valence-electron chi connectivity index (χ1n) is 6.91. The fourth-order valence-corrected chi connectivity index (χ4v) is 1.71. The summed E-state index contributed by atoms with van der Waals surface area (Å²) in [6.07, 6.45) is 4.31. The molecule has 0 bridgehead atoms. The molecule has 0 saturated heterocycles.